The van der Waals surface area contributed by atoms with Crippen LogP contribution in [-0.4, -0.2) is 45.3 Å². The number of nitrogens with one attached hydrogen (secondary N) is 1. The molecule has 2 heterocycles. The molecule has 3 rings (SSSR count). The Bertz CT molecular complexity index is 655. The van der Waals surface area contributed by atoms with E-state index in [2.05, 4.69) is 49.7 Å². The molecular formula is C18H23BrN2O2S. The van der Waals surface area contributed by atoms with E-state index >= 15 is 0 Å². The summed E-state index contributed by atoms with van der Waals surface area (Å²) < 4.78 is 12.0. The Balaban J connectivity index is 2.05. The molecule has 1 atom stereocenters. The predicted octanol–water partition coefficient (Wildman–Crippen LogP) is 3.91. The molecule has 0 radical (unpaired) electrons. The smallest absolute Gasteiger partial charge is 0.161 e. The van der Waals surface area contributed by atoms with Gasteiger partial charge >= 0.3 is 0 Å². The monoisotopic (exact) mass is 410 g/mol. The van der Waals surface area contributed by atoms with E-state index < -0.39 is 0 Å². The lowest BCUT2D eigenvalue weighted by atomic mass is 10.0. The van der Waals surface area contributed by atoms with E-state index in [4.69, 9.17) is 9.47 Å². The zero-order valence-electron chi connectivity index (χ0n) is 14.0. The molecule has 0 bridgehead atoms. The van der Waals surface area contributed by atoms with E-state index in [1.54, 1.807) is 25.6 Å². The third-order valence-corrected chi connectivity index (χ3v) is 5.96. The van der Waals surface area contributed by atoms with Crippen molar-refractivity contribution in [1.82, 2.24) is 10.2 Å². The number of thiophene rings is 1. The Labute approximate surface area is 155 Å². The SMILES string of the molecule is COc1cc(Br)c(C(c2cccs2)N2CCCNCC2)cc1OC. The van der Waals surface area contributed by atoms with E-state index in [1.807, 2.05) is 6.07 Å². The van der Waals surface area contributed by atoms with E-state index in [9.17, 15) is 0 Å². The quantitative estimate of drug-likeness (QED) is 0.809. The molecule has 1 aliphatic heterocycles. The predicted molar refractivity (Wildman–Crippen MR) is 102 cm³/mol. The lowest BCUT2D eigenvalue weighted by Gasteiger charge is -2.31. The van der Waals surface area contributed by atoms with Gasteiger partial charge in [0.15, 0.2) is 11.5 Å². The van der Waals surface area contributed by atoms with Crippen LogP contribution < -0.4 is 14.8 Å². The summed E-state index contributed by atoms with van der Waals surface area (Å²) in [7, 11) is 3.35. The van der Waals surface area contributed by atoms with Crippen LogP contribution in [0.4, 0.5) is 0 Å². The number of methoxy groups -OCH3 is 2. The summed E-state index contributed by atoms with van der Waals surface area (Å²) in [5.74, 6) is 1.51. The Morgan fingerprint density at radius 3 is 2.67 bits per heavy atom. The summed E-state index contributed by atoms with van der Waals surface area (Å²) >= 11 is 5.55. The molecule has 6 heteroatoms. The first-order valence-electron chi connectivity index (χ1n) is 8.14. The van der Waals surface area contributed by atoms with Gasteiger partial charge in [0.25, 0.3) is 0 Å². The van der Waals surface area contributed by atoms with Gasteiger partial charge < -0.3 is 14.8 Å². The second-order valence-electron chi connectivity index (χ2n) is 5.79. The average molecular weight is 411 g/mol. The Hall–Kier alpha value is -1.08. The van der Waals surface area contributed by atoms with Crippen LogP contribution in [0.15, 0.2) is 34.1 Å². The Morgan fingerprint density at radius 2 is 1.96 bits per heavy atom. The van der Waals surface area contributed by atoms with Gasteiger partial charge in [0, 0.05) is 29.0 Å². The Morgan fingerprint density at radius 1 is 1.17 bits per heavy atom. The van der Waals surface area contributed by atoms with Gasteiger partial charge in [0.2, 0.25) is 0 Å². The zero-order chi connectivity index (χ0) is 16.9. The highest BCUT2D eigenvalue weighted by Crippen LogP contribution is 2.41. The third kappa shape index (κ3) is 3.77. The number of hydrogen-bond acceptors (Lipinski definition) is 5. The minimum atomic E-state index is 0.221. The number of rotatable bonds is 5. The summed E-state index contributed by atoms with van der Waals surface area (Å²) in [6.45, 7) is 4.22. The number of nitrogens with zero attached hydrogens (tertiary/aromatic N) is 1. The van der Waals surface area contributed by atoms with Gasteiger partial charge in [-0.05, 0) is 42.1 Å². The van der Waals surface area contributed by atoms with Crippen molar-refractivity contribution in [1.29, 1.82) is 0 Å². The van der Waals surface area contributed by atoms with Crippen LogP contribution in [0.2, 0.25) is 0 Å². The summed E-state index contributed by atoms with van der Waals surface area (Å²) in [4.78, 5) is 3.91. The van der Waals surface area contributed by atoms with Crippen LogP contribution in [-0.2, 0) is 0 Å². The van der Waals surface area contributed by atoms with E-state index in [-0.39, 0.29) is 6.04 Å². The summed E-state index contributed by atoms with van der Waals surface area (Å²) in [5.41, 5.74) is 1.22. The average Bonchev–Trinajstić information content (AvgIpc) is 2.99. The second kappa shape index (κ2) is 8.34. The molecule has 0 aliphatic carbocycles. The van der Waals surface area contributed by atoms with Gasteiger partial charge in [-0.25, -0.2) is 0 Å². The summed E-state index contributed by atoms with van der Waals surface area (Å²) in [6.07, 6.45) is 1.16. The molecule has 1 aliphatic rings. The maximum absolute atomic E-state index is 5.54. The first-order chi connectivity index (χ1) is 11.7. The molecule has 4 nitrogen and oxygen atoms in total. The van der Waals surface area contributed by atoms with Gasteiger partial charge in [0.1, 0.15) is 0 Å². The van der Waals surface area contributed by atoms with Crippen LogP contribution in [0.3, 0.4) is 0 Å². The molecule has 1 N–H and O–H groups in total. The van der Waals surface area contributed by atoms with Crippen molar-refractivity contribution in [3.8, 4) is 11.5 Å². The lowest BCUT2D eigenvalue weighted by Crippen LogP contribution is -2.32. The van der Waals surface area contributed by atoms with Crippen molar-refractivity contribution in [2.75, 3.05) is 40.4 Å². The molecule has 0 amide bonds. The van der Waals surface area contributed by atoms with Gasteiger partial charge in [-0.1, -0.05) is 22.0 Å². The van der Waals surface area contributed by atoms with E-state index in [0.29, 0.717) is 0 Å². The number of ether oxygens (including phenoxy) is 2. The molecule has 1 saturated heterocycles. The number of halogens is 1. The molecule has 0 saturated carbocycles. The second-order valence-corrected chi connectivity index (χ2v) is 7.62. The molecule has 1 unspecified atom stereocenters. The highest BCUT2D eigenvalue weighted by Gasteiger charge is 2.27. The van der Waals surface area contributed by atoms with Crippen LogP contribution in [0.5, 0.6) is 11.5 Å². The minimum Gasteiger partial charge on any atom is -0.493 e. The van der Waals surface area contributed by atoms with Gasteiger partial charge in [-0.15, -0.1) is 11.3 Å². The first-order valence-corrected chi connectivity index (χ1v) is 9.81. The molecule has 130 valence electrons. The maximum atomic E-state index is 5.54. The fourth-order valence-electron chi connectivity index (χ4n) is 3.18. The lowest BCUT2D eigenvalue weighted by molar-refractivity contribution is 0.242. The first kappa shape index (κ1) is 17.7. The number of benzene rings is 1. The standard InChI is InChI=1S/C18H23BrN2O2S/c1-22-15-11-13(14(19)12-16(15)23-2)18(17-5-3-10-24-17)21-8-4-6-20-7-9-21/h3,5,10-12,18,20H,4,6-9H2,1-2H3. The highest BCUT2D eigenvalue weighted by atomic mass is 79.9. The molecule has 1 fully saturated rings. The minimum absolute atomic E-state index is 0.221. The molecule has 1 aromatic carbocycles. The summed E-state index contributed by atoms with van der Waals surface area (Å²) in [6, 6.07) is 8.67. The van der Waals surface area contributed by atoms with E-state index in [1.165, 1.54) is 10.4 Å². The van der Waals surface area contributed by atoms with Crippen LogP contribution in [0, 0.1) is 0 Å². The topological polar surface area (TPSA) is 33.7 Å². The maximum Gasteiger partial charge on any atom is 0.161 e. The largest absolute Gasteiger partial charge is 0.493 e. The van der Waals surface area contributed by atoms with Crippen molar-refractivity contribution in [3.63, 3.8) is 0 Å². The molecule has 0 spiro atoms. The van der Waals surface area contributed by atoms with Crippen molar-refractivity contribution >= 4 is 27.3 Å². The molecule has 1 aromatic heterocycles. The van der Waals surface area contributed by atoms with Crippen LogP contribution >= 0.6 is 27.3 Å². The highest BCUT2D eigenvalue weighted by molar-refractivity contribution is 9.10. The number of hydrogen-bond donors (Lipinski definition) is 1. The van der Waals surface area contributed by atoms with Crippen molar-refractivity contribution in [2.24, 2.45) is 0 Å². The van der Waals surface area contributed by atoms with Crippen molar-refractivity contribution in [3.05, 3.63) is 44.6 Å². The Kier molecular flexibility index (Phi) is 6.16. The van der Waals surface area contributed by atoms with E-state index in [0.717, 1.165) is 48.6 Å². The van der Waals surface area contributed by atoms with Crippen LogP contribution in [0.1, 0.15) is 22.9 Å². The fraction of sp³-hybridized carbons (Fsp3) is 0.444. The zero-order valence-corrected chi connectivity index (χ0v) is 16.5. The van der Waals surface area contributed by atoms with Gasteiger partial charge in [0.05, 0.1) is 20.3 Å². The fourth-order valence-corrected chi connectivity index (χ4v) is 4.60. The molecule has 24 heavy (non-hydrogen) atoms. The van der Waals surface area contributed by atoms with Gasteiger partial charge in [-0.2, -0.15) is 0 Å². The van der Waals surface area contributed by atoms with Crippen molar-refractivity contribution < 1.29 is 9.47 Å². The van der Waals surface area contributed by atoms with Crippen molar-refractivity contribution in [2.45, 2.75) is 12.5 Å². The molecular weight excluding hydrogens is 388 g/mol. The molecule has 2 aromatic rings. The van der Waals surface area contributed by atoms with Gasteiger partial charge in [-0.3, -0.25) is 4.90 Å². The third-order valence-electron chi connectivity index (χ3n) is 4.35. The summed E-state index contributed by atoms with van der Waals surface area (Å²) in [5, 5.41) is 5.64. The normalized spacial score (nSPS) is 17.3. The van der Waals surface area contributed by atoms with Crippen LogP contribution in [0.25, 0.3) is 0 Å².